The van der Waals surface area contributed by atoms with Gasteiger partial charge in [0.1, 0.15) is 11.8 Å². The Morgan fingerprint density at radius 2 is 1.71 bits per heavy atom. The summed E-state index contributed by atoms with van der Waals surface area (Å²) in [5, 5.41) is 12.8. The van der Waals surface area contributed by atoms with Crippen LogP contribution in [0.2, 0.25) is 0 Å². The van der Waals surface area contributed by atoms with Crippen LogP contribution in [0.15, 0.2) is 89.2 Å². The van der Waals surface area contributed by atoms with Gasteiger partial charge in [0.05, 0.1) is 11.6 Å². The average Bonchev–Trinajstić information content (AvgIpc) is 3.25. The van der Waals surface area contributed by atoms with Crippen LogP contribution < -0.4 is 0 Å². The van der Waals surface area contributed by atoms with Gasteiger partial charge in [0, 0.05) is 10.3 Å². The van der Waals surface area contributed by atoms with Gasteiger partial charge in [-0.15, -0.1) is 11.3 Å². The second-order valence-electron chi connectivity index (χ2n) is 7.09. The number of halogens is 3. The Morgan fingerprint density at radius 1 is 0.968 bits per heavy atom. The van der Waals surface area contributed by atoms with Crippen molar-refractivity contribution in [2.24, 2.45) is 4.99 Å². The number of hydrogen-bond donors (Lipinski definition) is 0. The van der Waals surface area contributed by atoms with Crippen molar-refractivity contribution in [2.45, 2.75) is 18.6 Å². The highest BCUT2D eigenvalue weighted by Crippen LogP contribution is 2.31. The molecule has 1 heterocycles. The van der Waals surface area contributed by atoms with Crippen LogP contribution >= 0.6 is 11.3 Å². The highest BCUT2D eigenvalue weighted by Gasteiger charge is 2.30. The van der Waals surface area contributed by atoms with E-state index in [9.17, 15) is 18.4 Å². The van der Waals surface area contributed by atoms with E-state index in [2.05, 4.69) is 12.1 Å². The maximum absolute atomic E-state index is 12.9. The van der Waals surface area contributed by atoms with Crippen LogP contribution in [0.4, 0.5) is 13.2 Å². The standard InChI is InChI=1S/C25H17F3N2S/c26-25(27,28)21-9-6-18(7-10-21)23(16-29)30-22(14-17-4-2-1-3-5-17)19-8-11-24-20(15-19)12-13-31-24/h1-13,15,22H,14H2/b30-23+/t22-/m1/s1. The summed E-state index contributed by atoms with van der Waals surface area (Å²) >= 11 is 1.65. The molecule has 0 spiro atoms. The minimum atomic E-state index is -4.42. The van der Waals surface area contributed by atoms with E-state index in [4.69, 9.17) is 4.99 Å². The molecule has 31 heavy (non-hydrogen) atoms. The summed E-state index contributed by atoms with van der Waals surface area (Å²) < 4.78 is 39.8. The Hall–Kier alpha value is -3.43. The molecule has 0 aliphatic rings. The van der Waals surface area contributed by atoms with E-state index in [1.165, 1.54) is 12.1 Å². The summed E-state index contributed by atoms with van der Waals surface area (Å²) in [5.41, 5.74) is 1.74. The lowest BCUT2D eigenvalue weighted by Crippen LogP contribution is -2.08. The average molecular weight is 434 g/mol. The third-order valence-corrected chi connectivity index (χ3v) is 5.91. The van der Waals surface area contributed by atoms with Gasteiger partial charge in [0.15, 0.2) is 0 Å². The topological polar surface area (TPSA) is 36.1 Å². The van der Waals surface area contributed by atoms with Crippen molar-refractivity contribution in [1.29, 1.82) is 5.26 Å². The smallest absolute Gasteiger partial charge is 0.265 e. The normalized spacial score (nSPS) is 13.2. The SMILES string of the molecule is N#C/C(=N\[C@H](Cc1ccccc1)c1ccc2sccc2c1)c1ccc(C(F)(F)F)cc1. The molecule has 0 bridgehead atoms. The van der Waals surface area contributed by atoms with Crippen LogP contribution in [0.5, 0.6) is 0 Å². The monoisotopic (exact) mass is 434 g/mol. The molecule has 0 fully saturated rings. The number of aliphatic imine (C=N–C) groups is 1. The summed E-state index contributed by atoms with van der Waals surface area (Å²) in [6, 6.07) is 24.2. The summed E-state index contributed by atoms with van der Waals surface area (Å²) in [6.45, 7) is 0. The molecule has 4 rings (SSSR count). The maximum Gasteiger partial charge on any atom is 0.416 e. The Kier molecular flexibility index (Phi) is 5.88. The van der Waals surface area contributed by atoms with Gasteiger partial charge >= 0.3 is 6.18 Å². The molecule has 0 saturated heterocycles. The van der Waals surface area contributed by atoms with Crippen molar-refractivity contribution < 1.29 is 13.2 Å². The Labute approximate surface area is 181 Å². The molecule has 0 unspecified atom stereocenters. The number of benzene rings is 3. The molecule has 0 aliphatic heterocycles. The molecule has 6 heteroatoms. The van der Waals surface area contributed by atoms with E-state index < -0.39 is 11.7 Å². The van der Waals surface area contributed by atoms with Gasteiger partial charge in [-0.25, -0.2) is 0 Å². The zero-order valence-electron chi connectivity index (χ0n) is 16.3. The Bertz CT molecular complexity index is 1250. The fourth-order valence-electron chi connectivity index (χ4n) is 3.41. The minimum absolute atomic E-state index is 0.111. The van der Waals surface area contributed by atoms with E-state index in [-0.39, 0.29) is 11.8 Å². The van der Waals surface area contributed by atoms with Crippen LogP contribution in [-0.2, 0) is 12.6 Å². The molecule has 1 atom stereocenters. The van der Waals surface area contributed by atoms with E-state index in [0.717, 1.165) is 33.3 Å². The number of fused-ring (bicyclic) bond motifs is 1. The lowest BCUT2D eigenvalue weighted by atomic mass is 9.97. The van der Waals surface area contributed by atoms with Gasteiger partial charge in [-0.1, -0.05) is 48.5 Å². The molecule has 154 valence electrons. The zero-order chi connectivity index (χ0) is 21.8. The molecule has 0 N–H and O–H groups in total. The molecule has 4 aromatic rings. The highest BCUT2D eigenvalue weighted by atomic mass is 32.1. The van der Waals surface area contributed by atoms with E-state index >= 15 is 0 Å². The first-order valence-electron chi connectivity index (χ1n) is 9.60. The predicted molar refractivity (Wildman–Crippen MR) is 118 cm³/mol. The first kappa shape index (κ1) is 20.8. The molecular weight excluding hydrogens is 417 g/mol. The highest BCUT2D eigenvalue weighted by molar-refractivity contribution is 7.17. The van der Waals surface area contributed by atoms with Gasteiger partial charge in [-0.3, -0.25) is 4.99 Å². The van der Waals surface area contributed by atoms with Crippen LogP contribution in [0.3, 0.4) is 0 Å². The number of nitrogens with zero attached hydrogens (tertiary/aromatic N) is 2. The Balaban J connectivity index is 1.74. The summed E-state index contributed by atoms with van der Waals surface area (Å²) in [6.07, 6.45) is -3.85. The van der Waals surface area contributed by atoms with Gasteiger partial charge in [0.25, 0.3) is 0 Å². The third kappa shape index (κ3) is 4.84. The number of rotatable bonds is 5. The minimum Gasteiger partial charge on any atom is -0.265 e. The summed E-state index contributed by atoms with van der Waals surface area (Å²) in [5.74, 6) is 0. The fraction of sp³-hybridized carbons (Fsp3) is 0.120. The number of alkyl halides is 3. The van der Waals surface area contributed by atoms with E-state index in [0.29, 0.717) is 12.0 Å². The summed E-state index contributed by atoms with van der Waals surface area (Å²) in [7, 11) is 0. The van der Waals surface area contributed by atoms with E-state index in [1.807, 2.05) is 53.9 Å². The fourth-order valence-corrected chi connectivity index (χ4v) is 4.18. The third-order valence-electron chi connectivity index (χ3n) is 5.01. The van der Waals surface area contributed by atoms with Crippen molar-refractivity contribution >= 4 is 27.1 Å². The van der Waals surface area contributed by atoms with Gasteiger partial charge < -0.3 is 0 Å². The maximum atomic E-state index is 12.9. The molecule has 2 nitrogen and oxygen atoms in total. The quantitative estimate of drug-likeness (QED) is 0.306. The number of hydrogen-bond acceptors (Lipinski definition) is 3. The van der Waals surface area contributed by atoms with E-state index in [1.54, 1.807) is 11.3 Å². The Morgan fingerprint density at radius 3 is 2.39 bits per heavy atom. The molecule has 0 aliphatic carbocycles. The summed E-state index contributed by atoms with van der Waals surface area (Å²) in [4.78, 5) is 4.69. The number of nitriles is 1. The van der Waals surface area contributed by atoms with Crippen molar-refractivity contribution in [1.82, 2.24) is 0 Å². The zero-order valence-corrected chi connectivity index (χ0v) is 17.1. The van der Waals surface area contributed by atoms with Gasteiger partial charge in [-0.05, 0) is 58.6 Å². The second kappa shape index (κ2) is 8.75. The van der Waals surface area contributed by atoms with Gasteiger partial charge in [-0.2, -0.15) is 18.4 Å². The van der Waals surface area contributed by atoms with Crippen molar-refractivity contribution in [3.8, 4) is 6.07 Å². The molecule has 3 aromatic carbocycles. The molecule has 1 aromatic heterocycles. The van der Waals surface area contributed by atoms with Crippen LogP contribution in [0, 0.1) is 11.3 Å². The van der Waals surface area contributed by atoms with Crippen LogP contribution in [0.1, 0.15) is 28.3 Å². The van der Waals surface area contributed by atoms with Crippen molar-refractivity contribution in [2.75, 3.05) is 0 Å². The number of thiophene rings is 1. The van der Waals surface area contributed by atoms with Crippen LogP contribution in [-0.4, -0.2) is 5.71 Å². The lowest BCUT2D eigenvalue weighted by Gasteiger charge is -2.15. The predicted octanol–water partition coefficient (Wildman–Crippen LogP) is 7.22. The molecule has 0 radical (unpaired) electrons. The second-order valence-corrected chi connectivity index (χ2v) is 8.04. The molecular formula is C25H17F3N2S. The molecule has 0 saturated carbocycles. The largest absolute Gasteiger partial charge is 0.416 e. The van der Waals surface area contributed by atoms with Crippen molar-refractivity contribution in [3.63, 3.8) is 0 Å². The lowest BCUT2D eigenvalue weighted by molar-refractivity contribution is -0.137. The molecule has 0 amide bonds. The van der Waals surface area contributed by atoms with Crippen molar-refractivity contribution in [3.05, 3.63) is 106 Å². The van der Waals surface area contributed by atoms with Crippen LogP contribution in [0.25, 0.3) is 10.1 Å². The van der Waals surface area contributed by atoms with Gasteiger partial charge in [0.2, 0.25) is 0 Å². The first-order chi connectivity index (χ1) is 14.9. The first-order valence-corrected chi connectivity index (χ1v) is 10.5.